The molecule has 0 radical (unpaired) electrons. The molecule has 0 atom stereocenters. The van der Waals surface area contributed by atoms with E-state index in [0.717, 1.165) is 4.88 Å². The summed E-state index contributed by atoms with van der Waals surface area (Å²) >= 11 is 1.47. The summed E-state index contributed by atoms with van der Waals surface area (Å²) < 4.78 is 15.4. The lowest BCUT2D eigenvalue weighted by atomic mass is 10.2. The summed E-state index contributed by atoms with van der Waals surface area (Å²) in [6.07, 6.45) is 3.18. The molecule has 3 heterocycles. The van der Waals surface area contributed by atoms with Crippen molar-refractivity contribution < 1.29 is 4.39 Å². The Morgan fingerprint density at radius 2 is 2.09 bits per heavy atom. The number of nitrogens with zero attached hydrogens (tertiary/aromatic N) is 6. The van der Waals surface area contributed by atoms with Crippen LogP contribution in [0.3, 0.4) is 0 Å². The highest BCUT2D eigenvalue weighted by atomic mass is 32.1. The summed E-state index contributed by atoms with van der Waals surface area (Å²) in [5.41, 5.74) is 4.11. The largest absolute Gasteiger partial charge is 0.252 e. The molecule has 0 bridgehead atoms. The molecule has 22 heavy (non-hydrogen) atoms. The Balaban J connectivity index is 1.81. The van der Waals surface area contributed by atoms with Gasteiger partial charge in [-0.25, -0.2) is 19.0 Å². The van der Waals surface area contributed by atoms with Gasteiger partial charge in [0.2, 0.25) is 0 Å². The first-order chi connectivity index (χ1) is 10.8. The third-order valence-electron chi connectivity index (χ3n) is 3.24. The monoisotopic (exact) mass is 312 g/mol. The van der Waals surface area contributed by atoms with Crippen molar-refractivity contribution in [2.45, 2.75) is 6.54 Å². The predicted molar refractivity (Wildman–Crippen MR) is 79.7 cm³/mol. The van der Waals surface area contributed by atoms with Crippen LogP contribution in [-0.2, 0) is 6.54 Å². The van der Waals surface area contributed by atoms with Crippen molar-refractivity contribution in [3.63, 3.8) is 0 Å². The molecule has 0 unspecified atom stereocenters. The van der Waals surface area contributed by atoms with E-state index in [-0.39, 0.29) is 12.4 Å². The van der Waals surface area contributed by atoms with Crippen LogP contribution in [0.1, 0.15) is 5.56 Å². The maximum atomic E-state index is 13.8. The number of thiazole rings is 1. The van der Waals surface area contributed by atoms with Gasteiger partial charge < -0.3 is 0 Å². The van der Waals surface area contributed by atoms with Crippen LogP contribution in [0.2, 0.25) is 0 Å². The van der Waals surface area contributed by atoms with E-state index in [2.05, 4.69) is 25.3 Å². The van der Waals surface area contributed by atoms with E-state index in [1.54, 1.807) is 34.6 Å². The highest BCUT2D eigenvalue weighted by molar-refractivity contribution is 7.13. The Morgan fingerprint density at radius 1 is 1.18 bits per heavy atom. The van der Waals surface area contributed by atoms with E-state index in [4.69, 9.17) is 0 Å². The van der Waals surface area contributed by atoms with Crippen molar-refractivity contribution in [3.8, 4) is 10.6 Å². The summed E-state index contributed by atoms with van der Waals surface area (Å²) in [6, 6.07) is 6.58. The normalized spacial score (nSPS) is 11.1. The zero-order valence-electron chi connectivity index (χ0n) is 11.2. The summed E-state index contributed by atoms with van der Waals surface area (Å²) in [5.74, 6) is -0.275. The molecule has 0 saturated heterocycles. The van der Waals surface area contributed by atoms with E-state index in [1.807, 2.05) is 0 Å². The van der Waals surface area contributed by atoms with Gasteiger partial charge in [0.25, 0.3) is 0 Å². The van der Waals surface area contributed by atoms with Gasteiger partial charge in [-0.05, 0) is 6.07 Å². The predicted octanol–water partition coefficient (Wildman–Crippen LogP) is 2.53. The summed E-state index contributed by atoms with van der Waals surface area (Å²) in [6.45, 7) is 0.266. The van der Waals surface area contributed by atoms with Crippen LogP contribution in [-0.4, -0.2) is 29.9 Å². The fraction of sp³-hybridized carbons (Fsp3) is 0.0714. The standard InChI is InChI=1S/C14H9FN6S/c15-10-4-2-1-3-9(10)6-21-14-13(19-20-21)12(17-7-18-14)11-5-16-8-22-11/h1-5,7-8H,6H2. The molecule has 6 nitrogen and oxygen atoms in total. The maximum Gasteiger partial charge on any atom is 0.182 e. The van der Waals surface area contributed by atoms with Crippen LogP contribution in [0.5, 0.6) is 0 Å². The molecule has 0 saturated carbocycles. The molecule has 0 spiro atoms. The number of hydrogen-bond acceptors (Lipinski definition) is 6. The molecule has 0 aliphatic heterocycles. The first-order valence-corrected chi connectivity index (χ1v) is 7.37. The average molecular weight is 312 g/mol. The molecule has 8 heteroatoms. The molecule has 0 N–H and O–H groups in total. The molecule has 3 aromatic heterocycles. The lowest BCUT2D eigenvalue weighted by Crippen LogP contribution is -2.04. The third-order valence-corrected chi connectivity index (χ3v) is 4.02. The van der Waals surface area contributed by atoms with Crippen LogP contribution < -0.4 is 0 Å². The second-order valence-corrected chi connectivity index (χ2v) is 5.49. The zero-order valence-corrected chi connectivity index (χ0v) is 12.0. The van der Waals surface area contributed by atoms with Crippen LogP contribution >= 0.6 is 11.3 Å². The Bertz CT molecular complexity index is 934. The Morgan fingerprint density at radius 3 is 2.91 bits per heavy atom. The Hall–Kier alpha value is -2.74. The number of fused-ring (bicyclic) bond motifs is 1. The molecule has 0 aliphatic rings. The lowest BCUT2D eigenvalue weighted by Gasteiger charge is -2.03. The lowest BCUT2D eigenvalue weighted by molar-refractivity contribution is 0.582. The minimum Gasteiger partial charge on any atom is -0.252 e. The van der Waals surface area contributed by atoms with Crippen LogP contribution in [0.15, 0.2) is 42.3 Å². The van der Waals surface area contributed by atoms with E-state index >= 15 is 0 Å². The van der Waals surface area contributed by atoms with Gasteiger partial charge in [-0.3, -0.25) is 4.98 Å². The first-order valence-electron chi connectivity index (χ1n) is 6.49. The molecular weight excluding hydrogens is 303 g/mol. The van der Waals surface area contributed by atoms with Crippen LogP contribution in [0.25, 0.3) is 21.7 Å². The SMILES string of the molecule is Fc1ccccc1Cn1nnc2c(-c3cncs3)ncnc21. The summed E-state index contributed by atoms with van der Waals surface area (Å²) in [4.78, 5) is 13.4. The van der Waals surface area contributed by atoms with Crippen LogP contribution in [0, 0.1) is 5.82 Å². The van der Waals surface area contributed by atoms with E-state index in [1.165, 1.54) is 23.7 Å². The molecule has 108 valence electrons. The maximum absolute atomic E-state index is 13.8. The van der Waals surface area contributed by atoms with E-state index < -0.39 is 0 Å². The van der Waals surface area contributed by atoms with Crippen molar-refractivity contribution in [3.05, 3.63) is 53.7 Å². The molecule has 1 aromatic carbocycles. The highest BCUT2D eigenvalue weighted by Gasteiger charge is 2.15. The number of aromatic nitrogens is 6. The summed E-state index contributed by atoms with van der Waals surface area (Å²) in [5, 5.41) is 8.23. The molecule has 0 amide bonds. The third kappa shape index (κ3) is 2.13. The van der Waals surface area contributed by atoms with Gasteiger partial charge in [0.15, 0.2) is 11.2 Å². The van der Waals surface area contributed by atoms with Gasteiger partial charge in [0.05, 0.1) is 16.9 Å². The molecule has 0 fully saturated rings. The fourth-order valence-electron chi connectivity index (χ4n) is 2.20. The second kappa shape index (κ2) is 5.23. The topological polar surface area (TPSA) is 69.4 Å². The number of benzene rings is 1. The second-order valence-electron chi connectivity index (χ2n) is 4.60. The van der Waals surface area contributed by atoms with Crippen molar-refractivity contribution in [1.29, 1.82) is 0 Å². The molecule has 4 rings (SSSR count). The van der Waals surface area contributed by atoms with Gasteiger partial charge in [0, 0.05) is 11.8 Å². The smallest absolute Gasteiger partial charge is 0.182 e. The molecule has 4 aromatic rings. The van der Waals surface area contributed by atoms with Crippen molar-refractivity contribution in [2.24, 2.45) is 0 Å². The van der Waals surface area contributed by atoms with Crippen molar-refractivity contribution >= 4 is 22.5 Å². The van der Waals surface area contributed by atoms with Gasteiger partial charge in [0.1, 0.15) is 17.8 Å². The average Bonchev–Trinajstić information content (AvgIpc) is 3.19. The summed E-state index contributed by atoms with van der Waals surface area (Å²) in [7, 11) is 0. The van der Waals surface area contributed by atoms with Gasteiger partial charge in [-0.15, -0.1) is 16.4 Å². The quantitative estimate of drug-likeness (QED) is 0.581. The van der Waals surface area contributed by atoms with Gasteiger partial charge in [-0.1, -0.05) is 23.4 Å². The molecule has 0 aliphatic carbocycles. The minimum absolute atomic E-state index is 0.266. The van der Waals surface area contributed by atoms with E-state index in [9.17, 15) is 4.39 Å². The Kier molecular flexibility index (Phi) is 3.08. The number of halogens is 1. The minimum atomic E-state index is -0.275. The van der Waals surface area contributed by atoms with Crippen molar-refractivity contribution in [1.82, 2.24) is 29.9 Å². The van der Waals surface area contributed by atoms with Gasteiger partial charge in [-0.2, -0.15) is 0 Å². The first kappa shape index (κ1) is 13.0. The fourth-order valence-corrected chi connectivity index (χ4v) is 2.82. The molecular formula is C14H9FN6S. The van der Waals surface area contributed by atoms with E-state index in [0.29, 0.717) is 22.4 Å². The van der Waals surface area contributed by atoms with Gasteiger partial charge >= 0.3 is 0 Å². The zero-order chi connectivity index (χ0) is 14.9. The van der Waals surface area contributed by atoms with Crippen molar-refractivity contribution in [2.75, 3.05) is 0 Å². The highest BCUT2D eigenvalue weighted by Crippen LogP contribution is 2.26. The number of rotatable bonds is 3. The number of hydrogen-bond donors (Lipinski definition) is 0. The Labute approximate surface area is 128 Å². The van der Waals surface area contributed by atoms with Crippen LogP contribution in [0.4, 0.5) is 4.39 Å².